The van der Waals surface area contributed by atoms with Gasteiger partial charge in [-0.3, -0.25) is 0 Å². The van der Waals surface area contributed by atoms with Gasteiger partial charge in [0.05, 0.1) is 31.2 Å². The Hall–Kier alpha value is -3.26. The van der Waals surface area contributed by atoms with Gasteiger partial charge in [0.15, 0.2) is 0 Å². The van der Waals surface area contributed by atoms with Crippen LogP contribution in [0.3, 0.4) is 0 Å². The second-order valence-corrected chi connectivity index (χ2v) is 6.89. The molecule has 0 fully saturated rings. The molecule has 1 unspecified atom stereocenters. The Balaban J connectivity index is 1.90. The lowest BCUT2D eigenvalue weighted by atomic mass is 9.87. The maximum Gasteiger partial charge on any atom is 0.336 e. The van der Waals surface area contributed by atoms with Gasteiger partial charge in [0.25, 0.3) is 0 Å². The number of carboxylic acid groups (broad SMARTS) is 1. The molecule has 0 radical (unpaired) electrons. The summed E-state index contributed by atoms with van der Waals surface area (Å²) in [6.45, 7) is 0.429. The third kappa shape index (κ3) is 2.83. The average molecular weight is 360 g/mol. The molecule has 0 bridgehead atoms. The Morgan fingerprint density at radius 2 is 2.11 bits per heavy atom. The first-order chi connectivity index (χ1) is 13.1. The predicted molar refractivity (Wildman–Crippen MR) is 102 cm³/mol. The zero-order valence-electron chi connectivity index (χ0n) is 15.1. The van der Waals surface area contributed by atoms with E-state index in [4.69, 9.17) is 4.74 Å². The van der Waals surface area contributed by atoms with Crippen LogP contribution in [0.15, 0.2) is 42.5 Å². The lowest BCUT2D eigenvalue weighted by molar-refractivity contribution is 0.0695. The summed E-state index contributed by atoms with van der Waals surface area (Å²) in [5.74, 6) is -0.344. The Morgan fingerprint density at radius 1 is 1.30 bits per heavy atom. The monoisotopic (exact) mass is 360 g/mol. The highest BCUT2D eigenvalue weighted by molar-refractivity contribution is 5.91. The van der Waals surface area contributed by atoms with Gasteiger partial charge in [-0.15, -0.1) is 0 Å². The molecule has 2 aromatic carbocycles. The molecular weight excluding hydrogens is 340 g/mol. The molecule has 4 rings (SSSR count). The van der Waals surface area contributed by atoms with Crippen molar-refractivity contribution in [3.8, 4) is 11.8 Å². The summed E-state index contributed by atoms with van der Waals surface area (Å²) in [5.41, 5.74) is 4.41. The van der Waals surface area contributed by atoms with Crippen molar-refractivity contribution in [2.75, 3.05) is 7.11 Å². The summed E-state index contributed by atoms with van der Waals surface area (Å²) >= 11 is 0. The molecule has 0 saturated carbocycles. The average Bonchev–Trinajstić information content (AvgIpc) is 3.01. The fraction of sp³-hybridized carbons (Fsp3) is 0.273. The number of carbonyl (C=O) groups is 1. The molecule has 3 aromatic rings. The van der Waals surface area contributed by atoms with Crippen molar-refractivity contribution < 1.29 is 14.6 Å². The molecule has 1 heterocycles. The van der Waals surface area contributed by atoms with E-state index in [2.05, 4.69) is 22.8 Å². The Labute approximate surface area is 157 Å². The van der Waals surface area contributed by atoms with Crippen LogP contribution in [0.2, 0.25) is 0 Å². The number of hydrogen-bond acceptors (Lipinski definition) is 3. The SMILES string of the molecule is COc1cccc(C(=O)O)c1Cn1c2c(c3ccccc31)CC(C#N)CC2. The summed E-state index contributed by atoms with van der Waals surface area (Å²) in [4.78, 5) is 11.8. The van der Waals surface area contributed by atoms with Gasteiger partial charge >= 0.3 is 5.97 Å². The van der Waals surface area contributed by atoms with E-state index in [1.807, 2.05) is 12.1 Å². The summed E-state index contributed by atoms with van der Waals surface area (Å²) < 4.78 is 7.65. The van der Waals surface area contributed by atoms with Crippen LogP contribution >= 0.6 is 0 Å². The van der Waals surface area contributed by atoms with Gasteiger partial charge in [-0.25, -0.2) is 4.79 Å². The highest BCUT2D eigenvalue weighted by atomic mass is 16.5. The molecule has 0 amide bonds. The number of methoxy groups -OCH3 is 1. The fourth-order valence-electron chi connectivity index (χ4n) is 4.17. The molecule has 136 valence electrons. The van der Waals surface area contributed by atoms with E-state index in [-0.39, 0.29) is 11.5 Å². The summed E-state index contributed by atoms with van der Waals surface area (Å²) in [6.07, 6.45) is 2.40. The van der Waals surface area contributed by atoms with Crippen LogP contribution < -0.4 is 4.74 Å². The zero-order valence-corrected chi connectivity index (χ0v) is 15.1. The number of ether oxygens (including phenoxy) is 1. The predicted octanol–water partition coefficient (Wildman–Crippen LogP) is 4.02. The molecule has 1 aliphatic rings. The van der Waals surface area contributed by atoms with Crippen molar-refractivity contribution in [2.45, 2.75) is 25.8 Å². The third-order valence-corrected chi connectivity index (χ3v) is 5.46. The van der Waals surface area contributed by atoms with E-state index in [9.17, 15) is 15.2 Å². The standard InChI is InChI=1S/C22H20N2O3/c1-27-21-8-4-6-16(22(25)26)18(21)13-24-19-7-3-2-5-15(19)17-11-14(12-23)9-10-20(17)24/h2-8,14H,9-11,13H2,1H3,(H,25,26). The quantitative estimate of drug-likeness (QED) is 0.762. The molecule has 0 aliphatic heterocycles. The maximum atomic E-state index is 11.8. The number of hydrogen-bond donors (Lipinski definition) is 1. The number of benzene rings is 2. The van der Waals surface area contributed by atoms with Gasteiger partial charge in [-0.05, 0) is 43.0 Å². The highest BCUT2D eigenvalue weighted by Gasteiger charge is 2.26. The largest absolute Gasteiger partial charge is 0.496 e. The zero-order chi connectivity index (χ0) is 19.0. The van der Waals surface area contributed by atoms with Gasteiger partial charge in [0.1, 0.15) is 5.75 Å². The Morgan fingerprint density at radius 3 is 2.85 bits per heavy atom. The van der Waals surface area contributed by atoms with Crippen LogP contribution in [0.5, 0.6) is 5.75 Å². The number of para-hydroxylation sites is 1. The van der Waals surface area contributed by atoms with Crippen LogP contribution in [0.25, 0.3) is 10.9 Å². The molecule has 0 spiro atoms. The second kappa shape index (κ2) is 6.81. The van der Waals surface area contributed by atoms with Crippen molar-refractivity contribution in [1.82, 2.24) is 4.57 Å². The lowest BCUT2D eigenvalue weighted by Gasteiger charge is -2.20. The molecule has 5 heteroatoms. The number of aromatic carboxylic acids is 1. The molecule has 0 saturated heterocycles. The molecule has 1 atom stereocenters. The van der Waals surface area contributed by atoms with Gasteiger partial charge in [0, 0.05) is 22.2 Å². The van der Waals surface area contributed by atoms with Gasteiger partial charge in [-0.1, -0.05) is 24.3 Å². The molecule has 1 aromatic heterocycles. The Bertz CT molecular complexity index is 1080. The van der Waals surface area contributed by atoms with Gasteiger partial charge in [0.2, 0.25) is 0 Å². The lowest BCUT2D eigenvalue weighted by Crippen LogP contribution is -2.16. The number of fused-ring (bicyclic) bond motifs is 3. The van der Waals surface area contributed by atoms with Crippen molar-refractivity contribution in [3.05, 3.63) is 64.8 Å². The van der Waals surface area contributed by atoms with Gasteiger partial charge < -0.3 is 14.4 Å². The molecule has 1 aliphatic carbocycles. The first kappa shape index (κ1) is 17.2. The van der Waals surface area contributed by atoms with Crippen molar-refractivity contribution in [3.63, 3.8) is 0 Å². The minimum absolute atomic E-state index is 0.0394. The van der Waals surface area contributed by atoms with Crippen molar-refractivity contribution in [1.29, 1.82) is 5.26 Å². The fourth-order valence-corrected chi connectivity index (χ4v) is 4.17. The van der Waals surface area contributed by atoms with E-state index in [1.54, 1.807) is 25.3 Å². The van der Waals surface area contributed by atoms with Crippen LogP contribution in [-0.4, -0.2) is 22.8 Å². The van der Waals surface area contributed by atoms with E-state index >= 15 is 0 Å². The van der Waals surface area contributed by atoms with E-state index < -0.39 is 5.97 Å². The summed E-state index contributed by atoms with van der Waals surface area (Å²) in [6, 6.07) is 15.7. The number of rotatable bonds is 4. The first-order valence-corrected chi connectivity index (χ1v) is 9.01. The second-order valence-electron chi connectivity index (χ2n) is 6.89. The first-order valence-electron chi connectivity index (χ1n) is 9.01. The molecular formula is C22H20N2O3. The van der Waals surface area contributed by atoms with Crippen LogP contribution in [0.1, 0.15) is 33.6 Å². The molecule has 5 nitrogen and oxygen atoms in total. The number of nitriles is 1. The van der Waals surface area contributed by atoms with E-state index in [1.165, 1.54) is 11.3 Å². The van der Waals surface area contributed by atoms with Crippen LogP contribution in [0, 0.1) is 17.2 Å². The topological polar surface area (TPSA) is 75.2 Å². The summed E-state index contributed by atoms with van der Waals surface area (Å²) in [5, 5.41) is 20.1. The minimum atomic E-state index is -0.959. The van der Waals surface area contributed by atoms with E-state index in [0.717, 1.165) is 30.2 Å². The smallest absolute Gasteiger partial charge is 0.336 e. The minimum Gasteiger partial charge on any atom is -0.496 e. The maximum absolute atomic E-state index is 11.8. The van der Waals surface area contributed by atoms with Gasteiger partial charge in [-0.2, -0.15) is 5.26 Å². The number of nitrogens with zero attached hydrogens (tertiary/aromatic N) is 2. The van der Waals surface area contributed by atoms with Crippen LogP contribution in [-0.2, 0) is 19.4 Å². The van der Waals surface area contributed by atoms with Crippen molar-refractivity contribution in [2.24, 2.45) is 5.92 Å². The van der Waals surface area contributed by atoms with Crippen molar-refractivity contribution >= 4 is 16.9 Å². The molecule has 27 heavy (non-hydrogen) atoms. The van der Waals surface area contributed by atoms with E-state index in [0.29, 0.717) is 17.9 Å². The number of carboxylic acids is 1. The highest BCUT2D eigenvalue weighted by Crippen LogP contribution is 2.36. The van der Waals surface area contributed by atoms with Crippen LogP contribution in [0.4, 0.5) is 0 Å². The molecule has 1 N–H and O–H groups in total. The number of aromatic nitrogens is 1. The third-order valence-electron chi connectivity index (χ3n) is 5.46. The Kier molecular flexibility index (Phi) is 4.33. The summed E-state index contributed by atoms with van der Waals surface area (Å²) in [7, 11) is 1.56. The normalized spacial score (nSPS) is 15.9.